The van der Waals surface area contributed by atoms with Gasteiger partial charge in [0.25, 0.3) is 10.0 Å². The fourth-order valence-corrected chi connectivity index (χ4v) is 6.21. The number of carbonyl (C=O) groups excluding carboxylic acids is 1. The van der Waals surface area contributed by atoms with Crippen LogP contribution in [0.2, 0.25) is 0 Å². The number of methoxy groups -OCH3 is 1. The maximum Gasteiger partial charge on any atom is 0.262 e. The smallest absolute Gasteiger partial charge is 0.262 e. The number of anilines is 2. The number of amides is 1. The van der Waals surface area contributed by atoms with Gasteiger partial charge in [-0.2, -0.15) is 5.10 Å². The third-order valence-corrected chi connectivity index (χ3v) is 8.52. The second-order valence-electron chi connectivity index (χ2n) is 9.54. The van der Waals surface area contributed by atoms with Crippen molar-refractivity contribution in [3.8, 4) is 28.5 Å². The van der Waals surface area contributed by atoms with Crippen molar-refractivity contribution in [2.45, 2.75) is 23.8 Å². The highest BCUT2D eigenvalue weighted by molar-refractivity contribution is 7.92. The monoisotopic (exact) mass is 577 g/mol. The molecule has 2 aliphatic heterocycles. The van der Waals surface area contributed by atoms with E-state index in [1.165, 1.54) is 31.6 Å². The van der Waals surface area contributed by atoms with Gasteiger partial charge < -0.3 is 24.8 Å². The van der Waals surface area contributed by atoms with Crippen molar-refractivity contribution in [2.24, 2.45) is 0 Å². The van der Waals surface area contributed by atoms with E-state index < -0.39 is 10.0 Å². The number of ether oxygens (including phenoxy) is 3. The molecule has 1 fully saturated rings. The number of carbonyl (C=O) groups is 1. The number of benzene rings is 2. The first-order valence-corrected chi connectivity index (χ1v) is 14.3. The molecular weight excluding hydrogens is 550 g/mol. The lowest BCUT2D eigenvalue weighted by atomic mass is 10.1. The topological polar surface area (TPSA) is 164 Å². The van der Waals surface area contributed by atoms with Crippen LogP contribution in [0.3, 0.4) is 0 Å². The predicted molar refractivity (Wildman–Crippen MR) is 150 cm³/mol. The zero-order valence-electron chi connectivity index (χ0n) is 22.1. The van der Waals surface area contributed by atoms with Gasteiger partial charge in [0.1, 0.15) is 23.6 Å². The SMILES string of the molecule is C=CC(=O)N1CCC[C@@H](n2nc(-c3ccc(NS(=O)(=O)c4ccc(OC)cc4)c4c3OCO4)c3c(N)ncnc32)C1. The van der Waals surface area contributed by atoms with Gasteiger partial charge >= 0.3 is 0 Å². The molecule has 1 amide bonds. The molecule has 4 heterocycles. The van der Waals surface area contributed by atoms with Gasteiger partial charge in [0, 0.05) is 18.7 Å². The number of fused-ring (bicyclic) bond motifs is 2. The highest BCUT2D eigenvalue weighted by Crippen LogP contribution is 2.48. The molecule has 0 spiro atoms. The van der Waals surface area contributed by atoms with Gasteiger partial charge in [-0.05, 0) is 55.3 Å². The maximum atomic E-state index is 13.1. The quantitative estimate of drug-likeness (QED) is 0.312. The summed E-state index contributed by atoms with van der Waals surface area (Å²) in [6.07, 6.45) is 4.25. The molecular formula is C27H27N7O6S. The van der Waals surface area contributed by atoms with Crippen molar-refractivity contribution >= 4 is 38.5 Å². The zero-order valence-corrected chi connectivity index (χ0v) is 22.9. The normalized spacial score (nSPS) is 16.5. The van der Waals surface area contributed by atoms with Crippen molar-refractivity contribution in [2.75, 3.05) is 37.4 Å². The minimum Gasteiger partial charge on any atom is -0.497 e. The zero-order chi connectivity index (χ0) is 28.7. The highest BCUT2D eigenvalue weighted by Gasteiger charge is 2.31. The summed E-state index contributed by atoms with van der Waals surface area (Å²) >= 11 is 0. The van der Waals surface area contributed by atoms with Gasteiger partial charge in [-0.1, -0.05) is 6.58 Å². The van der Waals surface area contributed by atoms with Crippen LogP contribution in [0.25, 0.3) is 22.3 Å². The Morgan fingerprint density at radius 1 is 1.17 bits per heavy atom. The molecule has 6 rings (SSSR count). The van der Waals surface area contributed by atoms with Crippen molar-refractivity contribution < 1.29 is 27.4 Å². The Hall–Kier alpha value is -4.85. The number of hydrogen-bond acceptors (Lipinski definition) is 10. The number of sulfonamides is 1. The van der Waals surface area contributed by atoms with Gasteiger partial charge in [0.05, 0.1) is 29.1 Å². The van der Waals surface area contributed by atoms with Crippen molar-refractivity contribution in [3.05, 3.63) is 55.4 Å². The van der Waals surface area contributed by atoms with Crippen LogP contribution in [-0.2, 0) is 14.8 Å². The largest absolute Gasteiger partial charge is 0.497 e. The van der Waals surface area contributed by atoms with Crippen LogP contribution in [0.5, 0.6) is 17.2 Å². The molecule has 0 aliphatic carbocycles. The number of aromatic nitrogens is 4. The van der Waals surface area contributed by atoms with Crippen LogP contribution in [0.4, 0.5) is 11.5 Å². The van der Waals surface area contributed by atoms with Gasteiger partial charge in [0.2, 0.25) is 12.7 Å². The van der Waals surface area contributed by atoms with E-state index in [-0.39, 0.29) is 40.9 Å². The molecule has 2 aliphatic rings. The molecule has 0 saturated carbocycles. The van der Waals surface area contributed by atoms with Gasteiger partial charge in [0.15, 0.2) is 17.1 Å². The number of nitrogens with zero attached hydrogens (tertiary/aromatic N) is 5. The van der Waals surface area contributed by atoms with E-state index >= 15 is 0 Å². The van der Waals surface area contributed by atoms with E-state index in [0.717, 1.165) is 12.8 Å². The number of nitrogens with two attached hydrogens (primary N) is 1. The van der Waals surface area contributed by atoms with Crippen LogP contribution in [-0.4, -0.2) is 66.0 Å². The molecule has 0 radical (unpaired) electrons. The first-order chi connectivity index (χ1) is 19.8. The van der Waals surface area contributed by atoms with Crippen molar-refractivity contribution in [1.82, 2.24) is 24.6 Å². The van der Waals surface area contributed by atoms with Crippen LogP contribution in [0, 0.1) is 0 Å². The molecule has 4 aromatic rings. The van der Waals surface area contributed by atoms with Crippen LogP contribution in [0.15, 0.2) is 60.3 Å². The summed E-state index contributed by atoms with van der Waals surface area (Å²) in [5.41, 5.74) is 8.03. The van der Waals surface area contributed by atoms with Gasteiger partial charge in [-0.3, -0.25) is 9.52 Å². The standard InChI is InChI=1S/C27H27N7O6S/c1-3-21(35)33-12-4-5-16(13-33)34-27-22(26(28)29-14-30-27)23(31-34)19-10-11-20(25-24(19)39-15-40-25)32-41(36,37)18-8-6-17(38-2)7-9-18/h3,6-11,14,16,32H,1,4-5,12-13,15H2,2H3,(H2,28,29,30)/t16-/m1/s1. The third-order valence-electron chi connectivity index (χ3n) is 7.13. The molecule has 13 nitrogen and oxygen atoms in total. The average Bonchev–Trinajstić information content (AvgIpc) is 3.64. The van der Waals surface area contributed by atoms with E-state index in [0.29, 0.717) is 46.9 Å². The molecule has 0 bridgehead atoms. The Balaban J connectivity index is 1.40. The number of rotatable bonds is 7. The Morgan fingerprint density at radius 2 is 1.95 bits per heavy atom. The van der Waals surface area contributed by atoms with Crippen LogP contribution >= 0.6 is 0 Å². The summed E-state index contributed by atoms with van der Waals surface area (Å²) in [7, 11) is -2.44. The average molecular weight is 578 g/mol. The van der Waals surface area contributed by atoms with Gasteiger partial charge in [-0.15, -0.1) is 0 Å². The lowest BCUT2D eigenvalue weighted by Crippen LogP contribution is -2.40. The number of likely N-dealkylation sites (tertiary alicyclic amines) is 1. The van der Waals surface area contributed by atoms with Crippen molar-refractivity contribution in [1.29, 1.82) is 0 Å². The molecule has 3 N–H and O–H groups in total. The van der Waals surface area contributed by atoms with E-state index in [1.54, 1.807) is 33.8 Å². The second-order valence-corrected chi connectivity index (χ2v) is 11.2. The third kappa shape index (κ3) is 4.65. The summed E-state index contributed by atoms with van der Waals surface area (Å²) in [5.74, 6) is 1.15. The number of hydrogen-bond donors (Lipinski definition) is 2. The molecule has 212 valence electrons. The number of piperidine rings is 1. The van der Waals surface area contributed by atoms with Crippen LogP contribution < -0.4 is 24.7 Å². The van der Waals surface area contributed by atoms with E-state index in [1.807, 2.05) is 0 Å². The first kappa shape index (κ1) is 26.4. The fourth-order valence-electron chi connectivity index (χ4n) is 5.14. The summed E-state index contributed by atoms with van der Waals surface area (Å²) < 4.78 is 47.2. The lowest BCUT2D eigenvalue weighted by molar-refractivity contribution is -0.127. The maximum absolute atomic E-state index is 13.1. The fraction of sp³-hybridized carbons (Fsp3) is 0.259. The van der Waals surface area contributed by atoms with E-state index in [4.69, 9.17) is 25.0 Å². The first-order valence-electron chi connectivity index (χ1n) is 12.8. The predicted octanol–water partition coefficient (Wildman–Crippen LogP) is 2.96. The van der Waals surface area contributed by atoms with E-state index in [9.17, 15) is 13.2 Å². The summed E-state index contributed by atoms with van der Waals surface area (Å²) in [4.78, 5) is 22.8. The molecule has 2 aromatic carbocycles. The summed E-state index contributed by atoms with van der Waals surface area (Å²) in [6.45, 7) is 4.56. The van der Waals surface area contributed by atoms with Gasteiger partial charge in [-0.25, -0.2) is 23.1 Å². The molecule has 41 heavy (non-hydrogen) atoms. The molecule has 0 unspecified atom stereocenters. The minimum atomic E-state index is -3.94. The van der Waals surface area contributed by atoms with E-state index in [2.05, 4.69) is 21.3 Å². The molecule has 1 atom stereocenters. The minimum absolute atomic E-state index is 0.0566. The summed E-state index contributed by atoms with van der Waals surface area (Å²) in [5, 5.41) is 5.41. The second kappa shape index (κ2) is 10.3. The lowest BCUT2D eigenvalue weighted by Gasteiger charge is -2.32. The molecule has 14 heteroatoms. The number of nitrogen functional groups attached to an aromatic ring is 1. The molecule has 2 aromatic heterocycles. The highest BCUT2D eigenvalue weighted by atomic mass is 32.2. The van der Waals surface area contributed by atoms with Crippen molar-refractivity contribution in [3.63, 3.8) is 0 Å². The number of nitrogens with one attached hydrogen (secondary N) is 1. The Morgan fingerprint density at radius 3 is 2.71 bits per heavy atom. The Labute approximate surface area is 235 Å². The summed E-state index contributed by atoms with van der Waals surface area (Å²) in [6, 6.07) is 9.14. The Bertz CT molecular complexity index is 1770. The Kier molecular flexibility index (Phi) is 6.61. The molecule has 1 saturated heterocycles. The van der Waals surface area contributed by atoms with Crippen LogP contribution in [0.1, 0.15) is 18.9 Å².